The van der Waals surface area contributed by atoms with Gasteiger partial charge in [0.05, 0.1) is 13.2 Å². The highest BCUT2D eigenvalue weighted by Gasteiger charge is 2.20. The SMILES string of the molecule is O=C(CNC1CCCC1)Cc1cc(Br)cc2c1OCC2. The highest BCUT2D eigenvalue weighted by Crippen LogP contribution is 2.33. The minimum Gasteiger partial charge on any atom is -0.493 e. The Morgan fingerprint density at radius 2 is 2.15 bits per heavy atom. The molecule has 0 saturated heterocycles. The number of carbonyl (C=O) groups excluding carboxylic acids is 1. The Labute approximate surface area is 128 Å². The summed E-state index contributed by atoms with van der Waals surface area (Å²) < 4.78 is 6.71. The molecule has 2 aliphatic rings. The highest BCUT2D eigenvalue weighted by atomic mass is 79.9. The van der Waals surface area contributed by atoms with E-state index in [1.54, 1.807) is 0 Å². The van der Waals surface area contributed by atoms with Gasteiger partial charge >= 0.3 is 0 Å². The molecule has 1 aliphatic heterocycles. The molecular formula is C16H20BrNO2. The summed E-state index contributed by atoms with van der Waals surface area (Å²) in [5.41, 5.74) is 2.23. The summed E-state index contributed by atoms with van der Waals surface area (Å²) in [6, 6.07) is 4.65. The molecule has 0 spiro atoms. The molecule has 1 aliphatic carbocycles. The number of hydrogen-bond donors (Lipinski definition) is 1. The van der Waals surface area contributed by atoms with Gasteiger partial charge in [-0.1, -0.05) is 28.8 Å². The molecule has 1 saturated carbocycles. The highest BCUT2D eigenvalue weighted by molar-refractivity contribution is 9.10. The molecule has 0 amide bonds. The zero-order valence-electron chi connectivity index (χ0n) is 11.6. The van der Waals surface area contributed by atoms with E-state index in [9.17, 15) is 4.79 Å². The van der Waals surface area contributed by atoms with E-state index in [-0.39, 0.29) is 5.78 Å². The van der Waals surface area contributed by atoms with Crippen LogP contribution in [0, 0.1) is 0 Å². The summed E-state index contributed by atoms with van der Waals surface area (Å²) in [6.07, 6.45) is 6.40. The van der Waals surface area contributed by atoms with Gasteiger partial charge in [0.2, 0.25) is 0 Å². The van der Waals surface area contributed by atoms with Crippen LogP contribution in [0.1, 0.15) is 36.8 Å². The van der Waals surface area contributed by atoms with E-state index in [0.29, 0.717) is 19.0 Å². The van der Waals surface area contributed by atoms with Crippen LogP contribution in [0.2, 0.25) is 0 Å². The maximum atomic E-state index is 12.1. The molecule has 0 bridgehead atoms. The van der Waals surface area contributed by atoms with Gasteiger partial charge in [-0.3, -0.25) is 4.79 Å². The van der Waals surface area contributed by atoms with Crippen molar-refractivity contribution in [2.75, 3.05) is 13.2 Å². The van der Waals surface area contributed by atoms with E-state index < -0.39 is 0 Å². The molecule has 0 radical (unpaired) electrons. The van der Waals surface area contributed by atoms with Crippen molar-refractivity contribution in [2.45, 2.75) is 44.6 Å². The van der Waals surface area contributed by atoms with Crippen LogP contribution < -0.4 is 10.1 Å². The smallest absolute Gasteiger partial charge is 0.151 e. The molecule has 4 heteroatoms. The zero-order chi connectivity index (χ0) is 13.9. The topological polar surface area (TPSA) is 38.3 Å². The summed E-state index contributed by atoms with van der Waals surface area (Å²) >= 11 is 3.52. The van der Waals surface area contributed by atoms with Gasteiger partial charge in [0.25, 0.3) is 0 Å². The lowest BCUT2D eigenvalue weighted by atomic mass is 10.0. The molecule has 3 nitrogen and oxygen atoms in total. The summed E-state index contributed by atoms with van der Waals surface area (Å²) in [4.78, 5) is 12.1. The van der Waals surface area contributed by atoms with Gasteiger partial charge in [0, 0.05) is 28.9 Å². The average Bonchev–Trinajstić information content (AvgIpc) is 3.06. The number of benzene rings is 1. The number of nitrogens with one attached hydrogen (secondary N) is 1. The fourth-order valence-corrected chi connectivity index (χ4v) is 3.69. The quantitative estimate of drug-likeness (QED) is 0.897. The second kappa shape index (κ2) is 6.27. The Morgan fingerprint density at radius 1 is 1.35 bits per heavy atom. The molecular weight excluding hydrogens is 318 g/mol. The van der Waals surface area contributed by atoms with Crippen LogP contribution in [0.5, 0.6) is 5.75 Å². The Kier molecular flexibility index (Phi) is 4.41. The molecule has 1 N–H and O–H groups in total. The predicted octanol–water partition coefficient (Wildman–Crippen LogP) is 3.03. The van der Waals surface area contributed by atoms with Crippen LogP contribution in [-0.4, -0.2) is 25.0 Å². The molecule has 1 fully saturated rings. The van der Waals surface area contributed by atoms with E-state index in [2.05, 4.69) is 27.3 Å². The fraction of sp³-hybridized carbons (Fsp3) is 0.562. The lowest BCUT2D eigenvalue weighted by Crippen LogP contribution is -2.32. The third-order valence-corrected chi connectivity index (χ3v) is 4.61. The molecule has 20 heavy (non-hydrogen) atoms. The van der Waals surface area contributed by atoms with Crippen molar-refractivity contribution in [1.29, 1.82) is 0 Å². The van der Waals surface area contributed by atoms with Gasteiger partial charge in [-0.15, -0.1) is 0 Å². The van der Waals surface area contributed by atoms with Crippen LogP contribution in [0.4, 0.5) is 0 Å². The third-order valence-electron chi connectivity index (χ3n) is 4.16. The van der Waals surface area contributed by atoms with Gasteiger partial charge < -0.3 is 10.1 Å². The fourth-order valence-electron chi connectivity index (χ4n) is 3.14. The number of fused-ring (bicyclic) bond motifs is 1. The summed E-state index contributed by atoms with van der Waals surface area (Å²) in [6.45, 7) is 1.21. The molecule has 108 valence electrons. The Balaban J connectivity index is 1.61. The standard InChI is InChI=1S/C16H20BrNO2/c17-13-7-11-5-6-20-16(11)12(8-13)9-15(19)10-18-14-3-1-2-4-14/h7-8,14,18H,1-6,9-10H2. The van der Waals surface area contributed by atoms with Crippen LogP contribution >= 0.6 is 15.9 Å². The lowest BCUT2D eigenvalue weighted by molar-refractivity contribution is -0.117. The number of Topliss-reactive ketones (excluding diaryl/α,β-unsaturated/α-hetero) is 1. The van der Waals surface area contributed by atoms with E-state index >= 15 is 0 Å². The third kappa shape index (κ3) is 3.23. The molecule has 0 unspecified atom stereocenters. The van der Waals surface area contributed by atoms with Crippen LogP contribution in [0.25, 0.3) is 0 Å². The molecule has 1 aromatic rings. The van der Waals surface area contributed by atoms with Crippen molar-refractivity contribution in [3.63, 3.8) is 0 Å². The summed E-state index contributed by atoms with van der Waals surface area (Å²) in [5.74, 6) is 1.18. The monoisotopic (exact) mass is 337 g/mol. The Hall–Kier alpha value is -0.870. The van der Waals surface area contributed by atoms with Gasteiger partial charge in [-0.2, -0.15) is 0 Å². The van der Waals surface area contributed by atoms with Crippen LogP contribution in [0.3, 0.4) is 0 Å². The number of hydrogen-bond acceptors (Lipinski definition) is 3. The number of halogens is 1. The normalized spacial score (nSPS) is 18.1. The van der Waals surface area contributed by atoms with Crippen molar-refractivity contribution >= 4 is 21.7 Å². The second-order valence-electron chi connectivity index (χ2n) is 5.73. The molecule has 0 atom stereocenters. The first-order valence-corrected chi connectivity index (χ1v) is 8.21. The van der Waals surface area contributed by atoms with Gasteiger partial charge in [0.1, 0.15) is 5.75 Å². The van der Waals surface area contributed by atoms with Gasteiger partial charge in [-0.25, -0.2) is 0 Å². The lowest BCUT2D eigenvalue weighted by Gasteiger charge is -2.12. The van der Waals surface area contributed by atoms with Crippen LogP contribution in [0.15, 0.2) is 16.6 Å². The maximum Gasteiger partial charge on any atom is 0.151 e. The van der Waals surface area contributed by atoms with E-state index in [1.165, 1.54) is 31.2 Å². The van der Waals surface area contributed by atoms with E-state index in [4.69, 9.17) is 4.74 Å². The summed E-state index contributed by atoms with van der Waals surface area (Å²) in [5, 5.41) is 3.38. The Morgan fingerprint density at radius 3 is 2.95 bits per heavy atom. The number of carbonyl (C=O) groups is 1. The van der Waals surface area contributed by atoms with Crippen molar-refractivity contribution in [1.82, 2.24) is 5.32 Å². The second-order valence-corrected chi connectivity index (χ2v) is 6.65. The Bertz CT molecular complexity index is 509. The van der Waals surface area contributed by atoms with Crippen molar-refractivity contribution in [3.8, 4) is 5.75 Å². The van der Waals surface area contributed by atoms with E-state index in [0.717, 1.165) is 28.8 Å². The zero-order valence-corrected chi connectivity index (χ0v) is 13.2. The van der Waals surface area contributed by atoms with E-state index in [1.807, 2.05) is 6.07 Å². The van der Waals surface area contributed by atoms with Gasteiger partial charge in [-0.05, 0) is 30.5 Å². The predicted molar refractivity (Wildman–Crippen MR) is 82.3 cm³/mol. The number of ether oxygens (including phenoxy) is 1. The minimum absolute atomic E-state index is 0.243. The van der Waals surface area contributed by atoms with Crippen LogP contribution in [-0.2, 0) is 17.6 Å². The first-order chi connectivity index (χ1) is 9.72. The maximum absolute atomic E-state index is 12.1. The van der Waals surface area contributed by atoms with Crippen molar-refractivity contribution < 1.29 is 9.53 Å². The first kappa shape index (κ1) is 14.1. The molecule has 1 heterocycles. The van der Waals surface area contributed by atoms with Gasteiger partial charge in [0.15, 0.2) is 5.78 Å². The molecule has 1 aromatic carbocycles. The molecule has 0 aromatic heterocycles. The molecule has 3 rings (SSSR count). The first-order valence-electron chi connectivity index (χ1n) is 7.41. The number of rotatable bonds is 5. The average molecular weight is 338 g/mol. The van der Waals surface area contributed by atoms with Crippen molar-refractivity contribution in [3.05, 3.63) is 27.7 Å². The summed E-state index contributed by atoms with van der Waals surface area (Å²) in [7, 11) is 0. The van der Waals surface area contributed by atoms with Crippen molar-refractivity contribution in [2.24, 2.45) is 0 Å². The largest absolute Gasteiger partial charge is 0.493 e. The number of ketones is 1. The minimum atomic E-state index is 0.243.